The highest BCUT2D eigenvalue weighted by molar-refractivity contribution is 6.46. The Kier molecular flexibility index (Phi) is 5.89. The number of nitrogens with one attached hydrogen (secondary N) is 1. The van der Waals surface area contributed by atoms with Crippen LogP contribution in [0.4, 0.5) is 15.8 Å². The Labute approximate surface area is 184 Å². The van der Waals surface area contributed by atoms with Gasteiger partial charge in [-0.15, -0.1) is 0 Å². The average molecular weight is 432 g/mol. The smallest absolute Gasteiger partial charge is 0.282 e. The number of hydrogen-bond acceptors (Lipinski definition) is 5. The Hall–Kier alpha value is -4.13. The van der Waals surface area contributed by atoms with E-state index in [2.05, 4.69) is 5.32 Å². The summed E-state index contributed by atoms with van der Waals surface area (Å²) in [5.41, 5.74) is 1.37. The molecule has 6 nitrogen and oxygen atoms in total. The molecule has 0 saturated heterocycles. The van der Waals surface area contributed by atoms with E-state index in [1.807, 2.05) is 6.92 Å². The molecule has 0 aromatic heterocycles. The predicted octanol–water partition coefficient (Wildman–Crippen LogP) is 4.63. The van der Waals surface area contributed by atoms with E-state index >= 15 is 0 Å². The first kappa shape index (κ1) is 21.1. The summed E-state index contributed by atoms with van der Waals surface area (Å²) in [5.74, 6) is -0.660. The molecule has 1 N–H and O–H groups in total. The summed E-state index contributed by atoms with van der Waals surface area (Å²) in [4.78, 5) is 27.8. The minimum absolute atomic E-state index is 0.0670. The van der Waals surface area contributed by atoms with Gasteiger partial charge in [0.15, 0.2) is 0 Å². The molecule has 0 unspecified atom stereocenters. The van der Waals surface area contributed by atoms with Crippen LogP contribution in [0.1, 0.15) is 12.5 Å². The van der Waals surface area contributed by atoms with Crippen molar-refractivity contribution in [2.45, 2.75) is 6.92 Å². The maximum atomic E-state index is 13.9. The van der Waals surface area contributed by atoms with Crippen molar-refractivity contribution >= 4 is 28.8 Å². The predicted molar refractivity (Wildman–Crippen MR) is 120 cm³/mol. The number of anilines is 2. The second-order valence-electron chi connectivity index (χ2n) is 6.96. The van der Waals surface area contributed by atoms with Gasteiger partial charge in [0.25, 0.3) is 11.8 Å². The zero-order valence-electron chi connectivity index (χ0n) is 17.6. The van der Waals surface area contributed by atoms with Gasteiger partial charge in [0.1, 0.15) is 23.0 Å². The fraction of sp³-hybridized carbons (Fsp3) is 0.120. The zero-order chi connectivity index (χ0) is 22.7. The van der Waals surface area contributed by atoms with Crippen molar-refractivity contribution in [1.29, 1.82) is 0 Å². The van der Waals surface area contributed by atoms with Crippen molar-refractivity contribution in [3.8, 4) is 11.5 Å². The van der Waals surface area contributed by atoms with Crippen molar-refractivity contribution in [1.82, 2.24) is 0 Å². The summed E-state index contributed by atoms with van der Waals surface area (Å²) < 4.78 is 24.8. The maximum Gasteiger partial charge on any atom is 0.282 e. The number of ether oxygens (including phenoxy) is 2. The van der Waals surface area contributed by atoms with Gasteiger partial charge in [-0.25, -0.2) is 9.29 Å². The standard InChI is InChI=1S/C25H21FN2O4/c1-3-32-19-11-7-9-17(15-19)27-23-22(20-12-4-5-13-21(20)31-2)24(29)28(25(23)30)18-10-6-8-16(26)14-18/h4-15,27H,3H2,1-2H3. The molecule has 2 amide bonds. The molecule has 162 valence electrons. The SMILES string of the molecule is CCOc1cccc(NC2=C(c3ccccc3OC)C(=O)N(c3cccc(F)c3)C2=O)c1. The van der Waals surface area contributed by atoms with Crippen LogP contribution in [-0.4, -0.2) is 25.5 Å². The van der Waals surface area contributed by atoms with Gasteiger partial charge in [0, 0.05) is 17.3 Å². The van der Waals surface area contributed by atoms with E-state index in [4.69, 9.17) is 9.47 Å². The van der Waals surface area contributed by atoms with Crippen LogP contribution < -0.4 is 19.7 Å². The number of imide groups is 1. The molecule has 0 atom stereocenters. The van der Waals surface area contributed by atoms with Crippen LogP contribution in [0, 0.1) is 5.82 Å². The largest absolute Gasteiger partial charge is 0.496 e. The minimum Gasteiger partial charge on any atom is -0.496 e. The number of halogens is 1. The summed E-state index contributed by atoms with van der Waals surface area (Å²) in [5, 5.41) is 3.07. The summed E-state index contributed by atoms with van der Waals surface area (Å²) in [6.07, 6.45) is 0. The van der Waals surface area contributed by atoms with E-state index in [-0.39, 0.29) is 17.0 Å². The summed E-state index contributed by atoms with van der Waals surface area (Å²) >= 11 is 0. The van der Waals surface area contributed by atoms with Crippen LogP contribution in [0.15, 0.2) is 78.5 Å². The molecule has 0 bridgehead atoms. The normalized spacial score (nSPS) is 13.5. The molecule has 1 heterocycles. The van der Waals surface area contributed by atoms with E-state index in [0.29, 0.717) is 29.4 Å². The van der Waals surface area contributed by atoms with Gasteiger partial charge in [-0.05, 0) is 43.3 Å². The van der Waals surface area contributed by atoms with Crippen LogP contribution in [0.3, 0.4) is 0 Å². The molecule has 7 heteroatoms. The second-order valence-corrected chi connectivity index (χ2v) is 6.96. The van der Waals surface area contributed by atoms with Crippen molar-refractivity contribution in [3.63, 3.8) is 0 Å². The first-order chi connectivity index (χ1) is 15.5. The van der Waals surface area contributed by atoms with Crippen LogP contribution in [0.5, 0.6) is 11.5 Å². The number of methoxy groups -OCH3 is 1. The Morgan fingerprint density at radius 2 is 1.72 bits per heavy atom. The zero-order valence-corrected chi connectivity index (χ0v) is 17.6. The number of para-hydroxylation sites is 1. The second kappa shape index (κ2) is 8.93. The molecule has 4 rings (SSSR count). The quantitative estimate of drug-likeness (QED) is 0.552. The number of carbonyl (C=O) groups is 2. The fourth-order valence-corrected chi connectivity index (χ4v) is 3.57. The van der Waals surface area contributed by atoms with E-state index < -0.39 is 17.6 Å². The third kappa shape index (κ3) is 3.92. The van der Waals surface area contributed by atoms with Crippen molar-refractivity contribution < 1.29 is 23.5 Å². The molecule has 0 fully saturated rings. The molecule has 0 aliphatic carbocycles. The molecule has 0 spiro atoms. The van der Waals surface area contributed by atoms with E-state index in [9.17, 15) is 14.0 Å². The first-order valence-corrected chi connectivity index (χ1v) is 10.1. The van der Waals surface area contributed by atoms with Gasteiger partial charge < -0.3 is 14.8 Å². The number of nitrogens with zero attached hydrogens (tertiary/aromatic N) is 1. The number of rotatable bonds is 7. The lowest BCUT2D eigenvalue weighted by atomic mass is 10.0. The maximum absolute atomic E-state index is 13.9. The molecule has 32 heavy (non-hydrogen) atoms. The highest BCUT2D eigenvalue weighted by Crippen LogP contribution is 2.37. The third-order valence-corrected chi connectivity index (χ3v) is 4.94. The molecular weight excluding hydrogens is 411 g/mol. The lowest BCUT2D eigenvalue weighted by Crippen LogP contribution is -2.32. The topological polar surface area (TPSA) is 67.9 Å². The van der Waals surface area contributed by atoms with Crippen LogP contribution >= 0.6 is 0 Å². The van der Waals surface area contributed by atoms with E-state index in [1.165, 1.54) is 25.3 Å². The van der Waals surface area contributed by atoms with Crippen LogP contribution in [0.2, 0.25) is 0 Å². The molecule has 1 aliphatic heterocycles. The molecule has 0 radical (unpaired) electrons. The van der Waals surface area contributed by atoms with Gasteiger partial charge in [-0.2, -0.15) is 0 Å². The Bertz CT molecular complexity index is 1220. The Balaban J connectivity index is 1.84. The number of carbonyl (C=O) groups excluding carboxylic acids is 2. The lowest BCUT2D eigenvalue weighted by molar-refractivity contribution is -0.120. The fourth-order valence-electron chi connectivity index (χ4n) is 3.57. The van der Waals surface area contributed by atoms with Crippen LogP contribution in [0.25, 0.3) is 5.57 Å². The number of benzene rings is 3. The van der Waals surface area contributed by atoms with Crippen LogP contribution in [-0.2, 0) is 9.59 Å². The summed E-state index contributed by atoms with van der Waals surface area (Å²) in [7, 11) is 1.49. The molecule has 3 aromatic rings. The van der Waals surface area contributed by atoms with E-state index in [1.54, 1.807) is 48.5 Å². The monoisotopic (exact) mass is 432 g/mol. The third-order valence-electron chi connectivity index (χ3n) is 4.94. The Morgan fingerprint density at radius 1 is 0.938 bits per heavy atom. The number of hydrogen-bond donors (Lipinski definition) is 1. The first-order valence-electron chi connectivity index (χ1n) is 10.1. The van der Waals surface area contributed by atoms with E-state index in [0.717, 1.165) is 11.0 Å². The summed E-state index contributed by atoms with van der Waals surface area (Å²) in [6.45, 7) is 2.36. The van der Waals surface area contributed by atoms with Gasteiger partial charge in [-0.1, -0.05) is 30.3 Å². The van der Waals surface area contributed by atoms with Gasteiger partial charge in [0.2, 0.25) is 0 Å². The lowest BCUT2D eigenvalue weighted by Gasteiger charge is -2.15. The Morgan fingerprint density at radius 3 is 2.47 bits per heavy atom. The molecular formula is C25H21FN2O4. The van der Waals surface area contributed by atoms with Crippen molar-refractivity contribution in [2.24, 2.45) is 0 Å². The minimum atomic E-state index is -0.594. The van der Waals surface area contributed by atoms with Gasteiger partial charge in [0.05, 0.1) is 25.0 Å². The van der Waals surface area contributed by atoms with Crippen molar-refractivity contribution in [3.05, 3.63) is 89.9 Å². The average Bonchev–Trinajstić information content (AvgIpc) is 3.03. The molecule has 1 aliphatic rings. The number of amides is 2. The highest BCUT2D eigenvalue weighted by Gasteiger charge is 2.41. The molecule has 3 aromatic carbocycles. The van der Waals surface area contributed by atoms with Gasteiger partial charge in [-0.3, -0.25) is 9.59 Å². The van der Waals surface area contributed by atoms with Gasteiger partial charge >= 0.3 is 0 Å². The molecule has 0 saturated carbocycles. The summed E-state index contributed by atoms with van der Waals surface area (Å²) in [6, 6.07) is 19.4. The highest BCUT2D eigenvalue weighted by atomic mass is 19.1. The van der Waals surface area contributed by atoms with Crippen molar-refractivity contribution in [2.75, 3.05) is 23.9 Å².